The van der Waals surface area contributed by atoms with Crippen molar-refractivity contribution in [3.05, 3.63) is 23.8 Å². The van der Waals surface area contributed by atoms with Crippen molar-refractivity contribution < 1.29 is 9.47 Å². The Kier molecular flexibility index (Phi) is 8.16. The van der Waals surface area contributed by atoms with Crippen LogP contribution in [0.25, 0.3) is 0 Å². The zero-order valence-corrected chi connectivity index (χ0v) is 14.1. The number of nitrogens with zero attached hydrogens (tertiary/aromatic N) is 1. The third-order valence-corrected chi connectivity index (χ3v) is 3.50. The van der Waals surface area contributed by atoms with E-state index in [2.05, 4.69) is 44.0 Å². The quantitative estimate of drug-likeness (QED) is 0.719. The van der Waals surface area contributed by atoms with Crippen molar-refractivity contribution in [3.63, 3.8) is 0 Å². The lowest BCUT2D eigenvalue weighted by molar-refractivity contribution is 0.217. The molecular formula is C17H30N2O2. The van der Waals surface area contributed by atoms with Gasteiger partial charge in [-0.2, -0.15) is 0 Å². The molecule has 21 heavy (non-hydrogen) atoms. The van der Waals surface area contributed by atoms with Crippen molar-refractivity contribution in [1.82, 2.24) is 10.2 Å². The van der Waals surface area contributed by atoms with E-state index < -0.39 is 0 Å². The number of nitrogens with one attached hydrogen (secondary N) is 1. The summed E-state index contributed by atoms with van der Waals surface area (Å²) in [5.41, 5.74) is 1.21. The molecule has 0 fully saturated rings. The maximum atomic E-state index is 5.86. The minimum absolute atomic E-state index is 0.473. The lowest BCUT2D eigenvalue weighted by atomic mass is 10.2. The summed E-state index contributed by atoms with van der Waals surface area (Å²) in [5, 5.41) is 3.40. The summed E-state index contributed by atoms with van der Waals surface area (Å²) < 4.78 is 11.3. The van der Waals surface area contributed by atoms with E-state index in [9.17, 15) is 0 Å². The van der Waals surface area contributed by atoms with Gasteiger partial charge in [-0.25, -0.2) is 0 Å². The highest BCUT2D eigenvalue weighted by atomic mass is 16.5. The lowest BCUT2D eigenvalue weighted by Crippen LogP contribution is -2.28. The number of hydrogen-bond donors (Lipinski definition) is 1. The molecule has 0 atom stereocenters. The summed E-state index contributed by atoms with van der Waals surface area (Å²) in [6.45, 7) is 13.2. The lowest BCUT2D eigenvalue weighted by Gasteiger charge is -2.19. The standard InChI is InChI=1S/C17H30N2O2/c1-6-19(7-2)10-11-21-16-9-8-15(12-17(16)20-5)13-18-14(3)4/h8-9,12,14,18H,6-7,10-11,13H2,1-5H3. The molecule has 0 spiro atoms. The summed E-state index contributed by atoms with van der Waals surface area (Å²) in [5.74, 6) is 1.62. The van der Waals surface area contributed by atoms with Gasteiger partial charge in [0.2, 0.25) is 0 Å². The van der Waals surface area contributed by atoms with Crippen LogP contribution in [0, 0.1) is 0 Å². The average molecular weight is 294 g/mol. The highest BCUT2D eigenvalue weighted by molar-refractivity contribution is 5.42. The van der Waals surface area contributed by atoms with Gasteiger partial charge < -0.3 is 19.7 Å². The summed E-state index contributed by atoms with van der Waals surface area (Å²) in [6.07, 6.45) is 0. The number of rotatable bonds is 10. The zero-order valence-electron chi connectivity index (χ0n) is 14.1. The molecule has 1 N–H and O–H groups in total. The topological polar surface area (TPSA) is 33.7 Å². The molecule has 0 saturated heterocycles. The molecule has 0 radical (unpaired) electrons. The van der Waals surface area contributed by atoms with Crippen LogP contribution in [0.3, 0.4) is 0 Å². The Labute approximate surface area is 129 Å². The van der Waals surface area contributed by atoms with Crippen molar-refractivity contribution in [2.75, 3.05) is 33.4 Å². The Morgan fingerprint density at radius 2 is 1.86 bits per heavy atom. The van der Waals surface area contributed by atoms with E-state index in [0.29, 0.717) is 12.6 Å². The van der Waals surface area contributed by atoms with E-state index >= 15 is 0 Å². The molecule has 0 aromatic heterocycles. The SMILES string of the molecule is CCN(CC)CCOc1ccc(CNC(C)C)cc1OC. The number of likely N-dealkylation sites (N-methyl/N-ethyl adjacent to an activating group) is 1. The van der Waals surface area contributed by atoms with Crippen molar-refractivity contribution in [3.8, 4) is 11.5 Å². The Bertz CT molecular complexity index is 404. The normalized spacial score (nSPS) is 11.2. The summed E-state index contributed by atoms with van der Waals surface area (Å²) in [6, 6.07) is 6.60. The second-order valence-electron chi connectivity index (χ2n) is 5.40. The number of ether oxygens (including phenoxy) is 2. The molecule has 0 bridgehead atoms. The third kappa shape index (κ3) is 6.36. The maximum Gasteiger partial charge on any atom is 0.161 e. The summed E-state index contributed by atoms with van der Waals surface area (Å²) in [7, 11) is 1.69. The fourth-order valence-corrected chi connectivity index (χ4v) is 2.09. The Hall–Kier alpha value is -1.26. The van der Waals surface area contributed by atoms with E-state index in [1.54, 1.807) is 7.11 Å². The first kappa shape index (κ1) is 17.8. The van der Waals surface area contributed by atoms with E-state index in [1.807, 2.05) is 12.1 Å². The maximum absolute atomic E-state index is 5.86. The predicted molar refractivity (Wildman–Crippen MR) is 88.3 cm³/mol. The van der Waals surface area contributed by atoms with Crippen LogP contribution in [0.1, 0.15) is 33.3 Å². The molecule has 4 heteroatoms. The van der Waals surface area contributed by atoms with Crippen molar-refractivity contribution in [2.24, 2.45) is 0 Å². The van der Waals surface area contributed by atoms with Gasteiger partial charge in [0, 0.05) is 19.1 Å². The predicted octanol–water partition coefficient (Wildman–Crippen LogP) is 2.91. The minimum atomic E-state index is 0.473. The van der Waals surface area contributed by atoms with E-state index in [0.717, 1.165) is 37.7 Å². The monoisotopic (exact) mass is 294 g/mol. The molecule has 0 aliphatic rings. The minimum Gasteiger partial charge on any atom is -0.493 e. The van der Waals surface area contributed by atoms with Crippen LogP contribution in [0.4, 0.5) is 0 Å². The van der Waals surface area contributed by atoms with Crippen molar-refractivity contribution in [2.45, 2.75) is 40.3 Å². The molecule has 0 heterocycles. The molecule has 0 amide bonds. The van der Waals surface area contributed by atoms with Crippen LogP contribution in [-0.2, 0) is 6.54 Å². The Balaban J connectivity index is 2.57. The van der Waals surface area contributed by atoms with Gasteiger partial charge in [0.1, 0.15) is 6.61 Å². The fraction of sp³-hybridized carbons (Fsp3) is 0.647. The molecule has 0 aliphatic carbocycles. The molecule has 0 unspecified atom stereocenters. The summed E-state index contributed by atoms with van der Waals surface area (Å²) in [4.78, 5) is 2.34. The molecular weight excluding hydrogens is 264 g/mol. The van der Waals surface area contributed by atoms with Crippen LogP contribution >= 0.6 is 0 Å². The second-order valence-corrected chi connectivity index (χ2v) is 5.40. The largest absolute Gasteiger partial charge is 0.493 e. The second kappa shape index (κ2) is 9.64. The van der Waals surface area contributed by atoms with E-state index in [4.69, 9.17) is 9.47 Å². The first-order valence-corrected chi connectivity index (χ1v) is 7.86. The van der Waals surface area contributed by atoms with Gasteiger partial charge in [0.05, 0.1) is 7.11 Å². The molecule has 1 rings (SSSR count). The first-order chi connectivity index (χ1) is 10.1. The fourth-order valence-electron chi connectivity index (χ4n) is 2.09. The molecule has 0 aliphatic heterocycles. The third-order valence-electron chi connectivity index (χ3n) is 3.50. The Morgan fingerprint density at radius 1 is 1.14 bits per heavy atom. The molecule has 120 valence electrons. The van der Waals surface area contributed by atoms with Crippen molar-refractivity contribution in [1.29, 1.82) is 0 Å². The van der Waals surface area contributed by atoms with E-state index in [-0.39, 0.29) is 0 Å². The highest BCUT2D eigenvalue weighted by Crippen LogP contribution is 2.28. The van der Waals surface area contributed by atoms with Gasteiger partial charge >= 0.3 is 0 Å². The Morgan fingerprint density at radius 3 is 2.43 bits per heavy atom. The highest BCUT2D eigenvalue weighted by Gasteiger charge is 2.07. The number of benzene rings is 1. The molecule has 0 saturated carbocycles. The van der Waals surface area contributed by atoms with Crippen LogP contribution in [0.5, 0.6) is 11.5 Å². The van der Waals surface area contributed by atoms with Gasteiger partial charge in [-0.1, -0.05) is 33.8 Å². The molecule has 1 aromatic carbocycles. The summed E-state index contributed by atoms with van der Waals surface area (Å²) >= 11 is 0. The van der Waals surface area contributed by atoms with Crippen molar-refractivity contribution >= 4 is 0 Å². The van der Waals surface area contributed by atoms with Gasteiger partial charge in [-0.3, -0.25) is 0 Å². The van der Waals surface area contributed by atoms with E-state index in [1.165, 1.54) is 5.56 Å². The van der Waals surface area contributed by atoms with Crippen LogP contribution in [0.15, 0.2) is 18.2 Å². The van der Waals surface area contributed by atoms with Gasteiger partial charge in [0.15, 0.2) is 11.5 Å². The zero-order chi connectivity index (χ0) is 15.7. The first-order valence-electron chi connectivity index (χ1n) is 7.86. The van der Waals surface area contributed by atoms with Crippen LogP contribution in [0.2, 0.25) is 0 Å². The number of hydrogen-bond acceptors (Lipinski definition) is 4. The van der Waals surface area contributed by atoms with Crippen LogP contribution < -0.4 is 14.8 Å². The number of methoxy groups -OCH3 is 1. The molecule has 4 nitrogen and oxygen atoms in total. The average Bonchev–Trinajstić information content (AvgIpc) is 2.50. The smallest absolute Gasteiger partial charge is 0.161 e. The van der Waals surface area contributed by atoms with Gasteiger partial charge in [-0.15, -0.1) is 0 Å². The molecule has 1 aromatic rings. The van der Waals surface area contributed by atoms with Gasteiger partial charge in [0.25, 0.3) is 0 Å². The van der Waals surface area contributed by atoms with Gasteiger partial charge in [-0.05, 0) is 30.8 Å². The van der Waals surface area contributed by atoms with Crippen LogP contribution in [-0.4, -0.2) is 44.3 Å².